The summed E-state index contributed by atoms with van der Waals surface area (Å²) in [5.41, 5.74) is -0.516. The van der Waals surface area contributed by atoms with E-state index in [0.717, 1.165) is 51.6 Å². The molecule has 0 spiro atoms. The lowest BCUT2D eigenvalue weighted by molar-refractivity contribution is -0.122. The van der Waals surface area contributed by atoms with Gasteiger partial charge >= 0.3 is 12.2 Å². The second-order valence-electron chi connectivity index (χ2n) is 11.8. The quantitative estimate of drug-likeness (QED) is 0.534. The number of carbonyl (C=O) groups is 3. The third-order valence-corrected chi connectivity index (χ3v) is 6.65. The highest BCUT2D eigenvalue weighted by atomic mass is 16.6. The Morgan fingerprint density at radius 1 is 1.10 bits per heavy atom. The van der Waals surface area contributed by atoms with Crippen molar-refractivity contribution < 1.29 is 28.6 Å². The molecular weight excluding hydrogens is 516 g/mol. The van der Waals surface area contributed by atoms with Crippen molar-refractivity contribution in [3.05, 3.63) is 12.4 Å². The number of hydrogen-bond acceptors (Lipinski definition) is 9. The van der Waals surface area contributed by atoms with Gasteiger partial charge in [0.05, 0.1) is 31.1 Å². The van der Waals surface area contributed by atoms with Gasteiger partial charge in [-0.2, -0.15) is 0 Å². The third kappa shape index (κ3) is 11.1. The normalized spacial score (nSPS) is 19.9. The zero-order valence-corrected chi connectivity index (χ0v) is 24.6. The standard InChI is InChI=1S/C23H37N5O5.C5H9NO/c1-16(2)32-22(30)27-9-6-17(7-10-27)15-31-19-12-24-20(25-13-19)28-11-8-18(14-28)26-21(29)33-23(3,4)5;7-5-3-1-2-4-6-5/h12-13,16-18H,6-11,14-15H2,1-5H3,(H,26,29);1-4H2,(H,6,7). The minimum atomic E-state index is -0.516. The molecule has 2 N–H and O–H groups in total. The van der Waals surface area contributed by atoms with Crippen LogP contribution in [0.5, 0.6) is 5.75 Å². The number of amides is 3. The summed E-state index contributed by atoms with van der Waals surface area (Å²) in [6.07, 6.45) is 8.17. The SMILES string of the molecule is CC(C)OC(=O)N1CCC(COc2cnc(N3CCC(NC(=O)OC(C)(C)C)C3)nc2)CC1.O=C1CCCCN1. The predicted molar refractivity (Wildman–Crippen MR) is 150 cm³/mol. The highest BCUT2D eigenvalue weighted by Crippen LogP contribution is 2.22. The molecule has 1 unspecified atom stereocenters. The van der Waals surface area contributed by atoms with E-state index in [-0.39, 0.29) is 24.1 Å². The van der Waals surface area contributed by atoms with E-state index in [9.17, 15) is 14.4 Å². The number of carbonyl (C=O) groups excluding carboxylic acids is 3. The van der Waals surface area contributed by atoms with Crippen LogP contribution in [0.3, 0.4) is 0 Å². The van der Waals surface area contributed by atoms with Crippen molar-refractivity contribution in [3.63, 3.8) is 0 Å². The number of nitrogens with one attached hydrogen (secondary N) is 2. The number of anilines is 1. The summed E-state index contributed by atoms with van der Waals surface area (Å²) in [6.45, 7) is 13.5. The average molecular weight is 563 g/mol. The van der Waals surface area contributed by atoms with Gasteiger partial charge in [-0.3, -0.25) is 4.79 Å². The molecule has 0 bridgehead atoms. The number of ether oxygens (including phenoxy) is 3. The first-order chi connectivity index (χ1) is 19.0. The molecule has 40 heavy (non-hydrogen) atoms. The highest BCUT2D eigenvalue weighted by molar-refractivity contribution is 5.76. The first-order valence-electron chi connectivity index (χ1n) is 14.4. The van der Waals surface area contributed by atoms with Gasteiger partial charge in [-0.15, -0.1) is 0 Å². The Kier molecular flexibility index (Phi) is 11.6. The van der Waals surface area contributed by atoms with Gasteiger partial charge < -0.3 is 34.6 Å². The fourth-order valence-electron chi connectivity index (χ4n) is 4.58. The molecule has 3 fully saturated rings. The van der Waals surface area contributed by atoms with Crippen LogP contribution in [0.25, 0.3) is 0 Å². The smallest absolute Gasteiger partial charge is 0.410 e. The molecule has 12 heteroatoms. The largest absolute Gasteiger partial charge is 0.490 e. The molecule has 4 heterocycles. The lowest BCUT2D eigenvalue weighted by Crippen LogP contribution is -2.40. The fraction of sp³-hybridized carbons (Fsp3) is 0.750. The van der Waals surface area contributed by atoms with Gasteiger partial charge in [0, 0.05) is 39.1 Å². The maximum Gasteiger partial charge on any atom is 0.410 e. The molecular formula is C28H46N6O6. The van der Waals surface area contributed by atoms with Gasteiger partial charge in [0.25, 0.3) is 0 Å². The summed E-state index contributed by atoms with van der Waals surface area (Å²) < 4.78 is 16.5. The molecule has 224 valence electrons. The molecule has 3 aliphatic heterocycles. The minimum Gasteiger partial charge on any atom is -0.490 e. The van der Waals surface area contributed by atoms with Crippen LogP contribution in [-0.4, -0.2) is 90.0 Å². The molecule has 0 aliphatic carbocycles. The number of likely N-dealkylation sites (tertiary alicyclic amines) is 1. The zero-order chi connectivity index (χ0) is 29.1. The Bertz CT molecular complexity index is 951. The van der Waals surface area contributed by atoms with Crippen molar-refractivity contribution in [1.29, 1.82) is 0 Å². The van der Waals surface area contributed by atoms with E-state index in [1.165, 1.54) is 0 Å². The summed E-state index contributed by atoms with van der Waals surface area (Å²) in [7, 11) is 0. The molecule has 3 saturated heterocycles. The van der Waals surface area contributed by atoms with Crippen molar-refractivity contribution in [2.45, 2.75) is 90.9 Å². The van der Waals surface area contributed by atoms with Gasteiger partial charge in [-0.1, -0.05) is 0 Å². The van der Waals surface area contributed by atoms with E-state index in [1.807, 2.05) is 39.5 Å². The molecule has 1 aromatic heterocycles. The maximum atomic E-state index is 12.0. The van der Waals surface area contributed by atoms with Crippen molar-refractivity contribution in [3.8, 4) is 5.75 Å². The molecule has 4 rings (SSSR count). The van der Waals surface area contributed by atoms with Crippen LogP contribution >= 0.6 is 0 Å². The molecule has 0 saturated carbocycles. The van der Waals surface area contributed by atoms with Gasteiger partial charge in [-0.25, -0.2) is 19.6 Å². The van der Waals surface area contributed by atoms with E-state index in [0.29, 0.717) is 43.9 Å². The van der Waals surface area contributed by atoms with Crippen molar-refractivity contribution in [1.82, 2.24) is 25.5 Å². The number of piperidine rings is 2. The predicted octanol–water partition coefficient (Wildman–Crippen LogP) is 3.50. The molecule has 1 aromatic rings. The Morgan fingerprint density at radius 2 is 1.80 bits per heavy atom. The Hall–Kier alpha value is -3.31. The molecule has 1 atom stereocenters. The topological polar surface area (TPSA) is 135 Å². The van der Waals surface area contributed by atoms with Crippen LogP contribution in [0.15, 0.2) is 12.4 Å². The van der Waals surface area contributed by atoms with Gasteiger partial charge in [-0.05, 0) is 72.6 Å². The Balaban J connectivity index is 0.000000547. The third-order valence-electron chi connectivity index (χ3n) is 6.65. The Morgan fingerprint density at radius 3 is 2.35 bits per heavy atom. The van der Waals surface area contributed by atoms with Crippen molar-refractivity contribution in [2.24, 2.45) is 5.92 Å². The van der Waals surface area contributed by atoms with E-state index in [4.69, 9.17) is 14.2 Å². The van der Waals surface area contributed by atoms with Crippen LogP contribution in [0.2, 0.25) is 0 Å². The highest BCUT2D eigenvalue weighted by Gasteiger charge is 2.28. The van der Waals surface area contributed by atoms with Crippen molar-refractivity contribution in [2.75, 3.05) is 44.2 Å². The summed E-state index contributed by atoms with van der Waals surface area (Å²) >= 11 is 0. The van der Waals surface area contributed by atoms with E-state index in [1.54, 1.807) is 17.3 Å². The molecule has 3 aliphatic rings. The second-order valence-corrected chi connectivity index (χ2v) is 11.8. The first-order valence-corrected chi connectivity index (χ1v) is 14.4. The second kappa shape index (κ2) is 14.9. The van der Waals surface area contributed by atoms with Crippen LogP contribution in [0.4, 0.5) is 15.5 Å². The molecule has 0 radical (unpaired) electrons. The number of aromatic nitrogens is 2. The monoisotopic (exact) mass is 562 g/mol. The molecule has 3 amide bonds. The Labute approximate surface area is 237 Å². The first kappa shape index (κ1) is 31.2. The maximum absolute atomic E-state index is 12.0. The van der Waals surface area contributed by atoms with Gasteiger partial charge in [0.1, 0.15) is 5.60 Å². The molecule has 12 nitrogen and oxygen atoms in total. The summed E-state index contributed by atoms with van der Waals surface area (Å²) in [5, 5.41) is 5.65. The van der Waals surface area contributed by atoms with Gasteiger partial charge in [0.15, 0.2) is 5.75 Å². The van der Waals surface area contributed by atoms with E-state index in [2.05, 4.69) is 20.6 Å². The van der Waals surface area contributed by atoms with Gasteiger partial charge in [0.2, 0.25) is 11.9 Å². The number of rotatable bonds is 6. The van der Waals surface area contributed by atoms with E-state index >= 15 is 0 Å². The lowest BCUT2D eigenvalue weighted by Gasteiger charge is -2.31. The van der Waals surface area contributed by atoms with Crippen LogP contribution in [-0.2, 0) is 14.3 Å². The van der Waals surface area contributed by atoms with E-state index < -0.39 is 11.7 Å². The summed E-state index contributed by atoms with van der Waals surface area (Å²) in [4.78, 5) is 47.0. The minimum absolute atomic E-state index is 0.00284. The number of alkyl carbamates (subject to hydrolysis) is 1. The van der Waals surface area contributed by atoms with Crippen LogP contribution < -0.4 is 20.3 Å². The number of hydrogen-bond donors (Lipinski definition) is 2. The van der Waals surface area contributed by atoms with Crippen LogP contribution in [0, 0.1) is 5.92 Å². The summed E-state index contributed by atoms with van der Waals surface area (Å²) in [6, 6.07) is 0.00284. The summed E-state index contributed by atoms with van der Waals surface area (Å²) in [5.74, 6) is 1.84. The lowest BCUT2D eigenvalue weighted by atomic mass is 9.98. The van der Waals surface area contributed by atoms with Crippen LogP contribution in [0.1, 0.15) is 73.1 Å². The molecule has 0 aromatic carbocycles. The average Bonchev–Trinajstić information content (AvgIpc) is 3.35. The zero-order valence-electron chi connectivity index (χ0n) is 24.6. The fourth-order valence-corrected chi connectivity index (χ4v) is 4.58. The van der Waals surface area contributed by atoms with Crippen molar-refractivity contribution >= 4 is 24.0 Å². The number of nitrogens with zero attached hydrogens (tertiary/aromatic N) is 4.